The smallest absolute Gasteiger partial charge is 0.0400 e. The summed E-state index contributed by atoms with van der Waals surface area (Å²) in [6.45, 7) is 5.41. The van der Waals surface area contributed by atoms with Gasteiger partial charge in [0.15, 0.2) is 0 Å². The summed E-state index contributed by atoms with van der Waals surface area (Å²) in [5.41, 5.74) is 7.17. The van der Waals surface area contributed by atoms with E-state index in [2.05, 4.69) is 61.6 Å². The highest BCUT2D eigenvalue weighted by molar-refractivity contribution is 5.53. The first kappa shape index (κ1) is 13.2. The molecule has 1 N–H and O–H groups in total. The Hall–Kier alpha value is -1.76. The van der Waals surface area contributed by atoms with E-state index < -0.39 is 0 Å². The molecule has 0 aliphatic heterocycles. The van der Waals surface area contributed by atoms with Gasteiger partial charge in [-0.3, -0.25) is 0 Å². The highest BCUT2D eigenvalue weighted by Crippen LogP contribution is 2.26. The molecule has 0 spiro atoms. The molecule has 0 saturated carbocycles. The van der Waals surface area contributed by atoms with E-state index in [9.17, 15) is 0 Å². The second kappa shape index (κ2) is 5.70. The van der Waals surface area contributed by atoms with Gasteiger partial charge in [0.25, 0.3) is 0 Å². The van der Waals surface area contributed by atoms with Crippen LogP contribution in [0.4, 0.5) is 5.69 Å². The predicted molar refractivity (Wildman–Crippen MR) is 86.3 cm³/mol. The standard InChI is InChI=1S/C19H23N/c1-14(2)18-8-3-4-9-19(18)20-13-15-10-11-16-6-5-7-17(16)12-15/h3-4,8-12,14,20H,5-7,13H2,1-2H3. The van der Waals surface area contributed by atoms with Crippen LogP contribution in [0.5, 0.6) is 0 Å². The van der Waals surface area contributed by atoms with Gasteiger partial charge in [-0.15, -0.1) is 0 Å². The maximum Gasteiger partial charge on any atom is 0.0400 e. The van der Waals surface area contributed by atoms with Gasteiger partial charge in [-0.25, -0.2) is 0 Å². The second-order valence-electron chi connectivity index (χ2n) is 6.05. The topological polar surface area (TPSA) is 12.0 Å². The molecule has 0 saturated heterocycles. The highest BCUT2D eigenvalue weighted by atomic mass is 14.9. The summed E-state index contributed by atoms with van der Waals surface area (Å²) in [6, 6.07) is 15.6. The fourth-order valence-corrected chi connectivity index (χ4v) is 3.09. The number of rotatable bonds is 4. The normalized spacial score (nSPS) is 13.6. The molecule has 1 heteroatoms. The van der Waals surface area contributed by atoms with Gasteiger partial charge in [0.2, 0.25) is 0 Å². The van der Waals surface area contributed by atoms with Crippen molar-refractivity contribution in [2.45, 2.75) is 45.6 Å². The summed E-state index contributed by atoms with van der Waals surface area (Å²) < 4.78 is 0. The van der Waals surface area contributed by atoms with Crippen LogP contribution in [0, 0.1) is 0 Å². The minimum absolute atomic E-state index is 0.554. The third-order valence-corrected chi connectivity index (χ3v) is 4.23. The third-order valence-electron chi connectivity index (χ3n) is 4.23. The molecule has 0 amide bonds. The number of hydrogen-bond donors (Lipinski definition) is 1. The molecule has 20 heavy (non-hydrogen) atoms. The number of anilines is 1. The molecular weight excluding hydrogens is 242 g/mol. The van der Waals surface area contributed by atoms with Crippen molar-refractivity contribution in [3.63, 3.8) is 0 Å². The van der Waals surface area contributed by atoms with E-state index in [1.54, 1.807) is 11.1 Å². The molecule has 0 unspecified atom stereocenters. The zero-order chi connectivity index (χ0) is 13.9. The minimum atomic E-state index is 0.554. The number of hydrogen-bond acceptors (Lipinski definition) is 1. The molecule has 0 fully saturated rings. The lowest BCUT2D eigenvalue weighted by atomic mass is 10.0. The first-order valence-electron chi connectivity index (χ1n) is 7.67. The van der Waals surface area contributed by atoms with Crippen molar-refractivity contribution in [2.75, 3.05) is 5.32 Å². The summed E-state index contributed by atoms with van der Waals surface area (Å²) in [5.74, 6) is 0.554. The number of benzene rings is 2. The van der Waals surface area contributed by atoms with Gasteiger partial charge >= 0.3 is 0 Å². The van der Waals surface area contributed by atoms with E-state index in [4.69, 9.17) is 0 Å². The maximum absolute atomic E-state index is 3.60. The highest BCUT2D eigenvalue weighted by Gasteiger charge is 2.11. The van der Waals surface area contributed by atoms with Crippen LogP contribution >= 0.6 is 0 Å². The summed E-state index contributed by atoms with van der Waals surface area (Å²) in [7, 11) is 0. The van der Waals surface area contributed by atoms with Gasteiger partial charge in [-0.2, -0.15) is 0 Å². The van der Waals surface area contributed by atoms with Crippen LogP contribution in [0.25, 0.3) is 0 Å². The molecule has 104 valence electrons. The van der Waals surface area contributed by atoms with Crippen LogP contribution < -0.4 is 5.32 Å². The summed E-state index contributed by atoms with van der Waals surface area (Å²) in [4.78, 5) is 0. The Morgan fingerprint density at radius 3 is 2.65 bits per heavy atom. The van der Waals surface area contributed by atoms with Crippen LogP contribution in [-0.2, 0) is 19.4 Å². The Bertz CT molecular complexity index is 598. The molecule has 0 bridgehead atoms. The molecular formula is C19H23N. The fourth-order valence-electron chi connectivity index (χ4n) is 3.09. The van der Waals surface area contributed by atoms with Crippen LogP contribution in [0.2, 0.25) is 0 Å². The molecule has 0 aromatic heterocycles. The molecule has 1 aliphatic rings. The van der Waals surface area contributed by atoms with Gasteiger partial charge in [-0.05, 0) is 53.5 Å². The predicted octanol–water partition coefficient (Wildman–Crippen LogP) is 4.91. The van der Waals surface area contributed by atoms with Crippen molar-refractivity contribution in [2.24, 2.45) is 0 Å². The van der Waals surface area contributed by atoms with E-state index in [0.29, 0.717) is 5.92 Å². The van der Waals surface area contributed by atoms with E-state index in [1.807, 2.05) is 0 Å². The van der Waals surface area contributed by atoms with Crippen molar-refractivity contribution in [1.82, 2.24) is 0 Å². The Labute approximate surface area is 122 Å². The van der Waals surface area contributed by atoms with Crippen molar-refractivity contribution in [3.05, 3.63) is 64.7 Å². The van der Waals surface area contributed by atoms with E-state index in [-0.39, 0.29) is 0 Å². The van der Waals surface area contributed by atoms with Gasteiger partial charge in [0.05, 0.1) is 0 Å². The van der Waals surface area contributed by atoms with E-state index >= 15 is 0 Å². The average Bonchev–Trinajstić information content (AvgIpc) is 2.92. The molecule has 1 nitrogen and oxygen atoms in total. The van der Waals surface area contributed by atoms with Crippen LogP contribution in [-0.4, -0.2) is 0 Å². The first-order valence-corrected chi connectivity index (χ1v) is 7.67. The molecule has 2 aromatic rings. The minimum Gasteiger partial charge on any atom is -0.381 e. The lowest BCUT2D eigenvalue weighted by Gasteiger charge is -2.15. The lowest BCUT2D eigenvalue weighted by Crippen LogP contribution is -2.03. The number of nitrogens with one attached hydrogen (secondary N) is 1. The average molecular weight is 265 g/mol. The molecule has 0 heterocycles. The van der Waals surface area contributed by atoms with Gasteiger partial charge in [0.1, 0.15) is 0 Å². The molecule has 0 radical (unpaired) electrons. The van der Waals surface area contributed by atoms with Crippen molar-refractivity contribution >= 4 is 5.69 Å². The Balaban J connectivity index is 1.74. The first-order chi connectivity index (χ1) is 9.74. The van der Waals surface area contributed by atoms with Gasteiger partial charge < -0.3 is 5.32 Å². The summed E-state index contributed by atoms with van der Waals surface area (Å²) in [5, 5.41) is 3.60. The third kappa shape index (κ3) is 2.72. The zero-order valence-corrected chi connectivity index (χ0v) is 12.4. The number of fused-ring (bicyclic) bond motifs is 1. The molecule has 1 aliphatic carbocycles. The van der Waals surface area contributed by atoms with Crippen LogP contribution in [0.1, 0.15) is 48.4 Å². The molecule has 0 atom stereocenters. The Morgan fingerprint density at radius 1 is 1.00 bits per heavy atom. The zero-order valence-electron chi connectivity index (χ0n) is 12.4. The van der Waals surface area contributed by atoms with Gasteiger partial charge in [0, 0.05) is 12.2 Å². The lowest BCUT2D eigenvalue weighted by molar-refractivity contribution is 0.865. The Kier molecular flexibility index (Phi) is 3.77. The van der Waals surface area contributed by atoms with E-state index in [1.165, 1.54) is 36.1 Å². The monoisotopic (exact) mass is 265 g/mol. The summed E-state index contributed by atoms with van der Waals surface area (Å²) in [6.07, 6.45) is 3.84. The van der Waals surface area contributed by atoms with Crippen LogP contribution in [0.15, 0.2) is 42.5 Å². The van der Waals surface area contributed by atoms with Gasteiger partial charge in [-0.1, -0.05) is 50.2 Å². The van der Waals surface area contributed by atoms with E-state index in [0.717, 1.165) is 6.54 Å². The van der Waals surface area contributed by atoms with Crippen LogP contribution in [0.3, 0.4) is 0 Å². The quantitative estimate of drug-likeness (QED) is 0.828. The molecule has 2 aromatic carbocycles. The summed E-state index contributed by atoms with van der Waals surface area (Å²) >= 11 is 0. The largest absolute Gasteiger partial charge is 0.381 e. The Morgan fingerprint density at radius 2 is 1.80 bits per heavy atom. The second-order valence-corrected chi connectivity index (χ2v) is 6.05. The fraction of sp³-hybridized carbons (Fsp3) is 0.368. The number of para-hydroxylation sites is 1. The van der Waals surface area contributed by atoms with Crippen molar-refractivity contribution in [3.8, 4) is 0 Å². The SMILES string of the molecule is CC(C)c1ccccc1NCc1ccc2c(c1)CCC2. The molecule has 3 rings (SSSR count). The number of aryl methyl sites for hydroxylation is 2. The van der Waals surface area contributed by atoms with Crippen molar-refractivity contribution in [1.29, 1.82) is 0 Å². The maximum atomic E-state index is 3.60. The van der Waals surface area contributed by atoms with Crippen molar-refractivity contribution < 1.29 is 0 Å².